The van der Waals surface area contributed by atoms with E-state index < -0.39 is 0 Å². The molecule has 1 aliphatic heterocycles. The molecule has 11 aromatic carbocycles. The molecule has 1 aliphatic rings. The molecule has 1 heterocycles. The first-order chi connectivity index (χ1) is 30.7. The van der Waals surface area contributed by atoms with Gasteiger partial charge in [-0.1, -0.05) is 176 Å². The SMILES string of the molecule is c1ccc(-c2ccc(N(c3ccc(-c4cc5ccccc5c5ccccc45)cc3)c3ccc4c(c3)-c3c(ccc5ccccc35)Oc3cc(-c5ccccc5)ccc3-4)cc2)cc1. The summed E-state index contributed by atoms with van der Waals surface area (Å²) in [5, 5.41) is 7.37. The van der Waals surface area contributed by atoms with Gasteiger partial charge in [0.05, 0.1) is 0 Å². The molecule has 12 rings (SSSR count). The van der Waals surface area contributed by atoms with E-state index in [1.165, 1.54) is 49.2 Å². The van der Waals surface area contributed by atoms with Crippen molar-refractivity contribution in [3.8, 4) is 67.1 Å². The van der Waals surface area contributed by atoms with Crippen LogP contribution in [-0.4, -0.2) is 0 Å². The van der Waals surface area contributed by atoms with Crippen LogP contribution in [0.4, 0.5) is 17.1 Å². The van der Waals surface area contributed by atoms with Gasteiger partial charge in [-0.15, -0.1) is 0 Å². The molecule has 62 heavy (non-hydrogen) atoms. The van der Waals surface area contributed by atoms with E-state index in [0.29, 0.717) is 0 Å². The highest BCUT2D eigenvalue weighted by Crippen LogP contribution is 2.52. The molecular formula is C60H39NO. The van der Waals surface area contributed by atoms with Crippen molar-refractivity contribution >= 4 is 49.4 Å². The number of hydrogen-bond acceptors (Lipinski definition) is 2. The first kappa shape index (κ1) is 35.7. The molecule has 0 saturated heterocycles. The summed E-state index contributed by atoms with van der Waals surface area (Å²) in [5.41, 5.74) is 14.7. The summed E-state index contributed by atoms with van der Waals surface area (Å²) < 4.78 is 6.98. The van der Waals surface area contributed by atoms with Crippen LogP contribution in [0.1, 0.15) is 0 Å². The highest BCUT2D eigenvalue weighted by molar-refractivity contribution is 6.14. The number of nitrogens with zero attached hydrogens (tertiary/aromatic N) is 1. The van der Waals surface area contributed by atoms with Crippen molar-refractivity contribution in [3.63, 3.8) is 0 Å². The van der Waals surface area contributed by atoms with Gasteiger partial charge >= 0.3 is 0 Å². The van der Waals surface area contributed by atoms with Gasteiger partial charge in [0.2, 0.25) is 0 Å². The zero-order chi connectivity index (χ0) is 41.0. The number of fused-ring (bicyclic) bond motifs is 10. The number of ether oxygens (including phenoxy) is 1. The zero-order valence-corrected chi connectivity index (χ0v) is 33.9. The molecule has 0 N–H and O–H groups in total. The van der Waals surface area contributed by atoms with Gasteiger partial charge in [-0.05, 0) is 137 Å². The largest absolute Gasteiger partial charge is 0.456 e. The van der Waals surface area contributed by atoms with E-state index in [4.69, 9.17) is 4.74 Å². The Bertz CT molecular complexity index is 3460. The molecule has 0 spiro atoms. The summed E-state index contributed by atoms with van der Waals surface area (Å²) in [6.07, 6.45) is 0. The van der Waals surface area contributed by atoms with Crippen molar-refractivity contribution in [1.29, 1.82) is 0 Å². The lowest BCUT2D eigenvalue weighted by molar-refractivity contribution is 0.488. The van der Waals surface area contributed by atoms with Crippen molar-refractivity contribution in [2.24, 2.45) is 0 Å². The number of benzene rings is 11. The smallest absolute Gasteiger partial charge is 0.135 e. The van der Waals surface area contributed by atoms with Crippen LogP contribution in [0.2, 0.25) is 0 Å². The van der Waals surface area contributed by atoms with Crippen LogP contribution in [0.15, 0.2) is 237 Å². The lowest BCUT2D eigenvalue weighted by Gasteiger charge is -2.27. The summed E-state index contributed by atoms with van der Waals surface area (Å²) in [5.74, 6) is 1.69. The summed E-state index contributed by atoms with van der Waals surface area (Å²) in [7, 11) is 0. The summed E-state index contributed by atoms with van der Waals surface area (Å²) in [4.78, 5) is 2.38. The fourth-order valence-electron chi connectivity index (χ4n) is 9.45. The number of anilines is 3. The van der Waals surface area contributed by atoms with E-state index >= 15 is 0 Å². The summed E-state index contributed by atoms with van der Waals surface area (Å²) in [6.45, 7) is 0. The molecule has 0 unspecified atom stereocenters. The fraction of sp³-hybridized carbons (Fsp3) is 0. The van der Waals surface area contributed by atoms with Gasteiger partial charge in [0.25, 0.3) is 0 Å². The molecular weight excluding hydrogens is 751 g/mol. The molecule has 0 amide bonds. The maximum absolute atomic E-state index is 6.98. The Morgan fingerprint density at radius 2 is 0.790 bits per heavy atom. The minimum Gasteiger partial charge on any atom is -0.456 e. The third-order valence-corrected chi connectivity index (χ3v) is 12.5. The van der Waals surface area contributed by atoms with Gasteiger partial charge < -0.3 is 9.64 Å². The van der Waals surface area contributed by atoms with Crippen LogP contribution >= 0.6 is 0 Å². The molecule has 11 aromatic rings. The first-order valence-electron chi connectivity index (χ1n) is 21.2. The second-order valence-corrected chi connectivity index (χ2v) is 16.1. The Hall–Kier alpha value is -8.20. The van der Waals surface area contributed by atoms with Crippen molar-refractivity contribution < 1.29 is 4.74 Å². The lowest BCUT2D eigenvalue weighted by atomic mass is 9.90. The molecule has 0 saturated carbocycles. The van der Waals surface area contributed by atoms with Crippen LogP contribution < -0.4 is 9.64 Å². The fourth-order valence-corrected chi connectivity index (χ4v) is 9.45. The highest BCUT2D eigenvalue weighted by atomic mass is 16.5. The molecule has 290 valence electrons. The molecule has 0 fully saturated rings. The van der Waals surface area contributed by atoms with E-state index in [9.17, 15) is 0 Å². The summed E-state index contributed by atoms with van der Waals surface area (Å²) in [6, 6.07) is 85.4. The predicted molar refractivity (Wildman–Crippen MR) is 261 cm³/mol. The maximum Gasteiger partial charge on any atom is 0.135 e. The lowest BCUT2D eigenvalue weighted by Crippen LogP contribution is -2.10. The molecule has 0 atom stereocenters. The maximum atomic E-state index is 6.98. The number of rotatable bonds is 6. The van der Waals surface area contributed by atoms with Crippen molar-refractivity contribution in [3.05, 3.63) is 237 Å². The van der Waals surface area contributed by atoms with Crippen LogP contribution in [0.5, 0.6) is 11.5 Å². The Balaban J connectivity index is 1.04. The third kappa shape index (κ3) is 6.12. The van der Waals surface area contributed by atoms with Crippen molar-refractivity contribution in [1.82, 2.24) is 0 Å². The van der Waals surface area contributed by atoms with Gasteiger partial charge in [-0.3, -0.25) is 0 Å². The Morgan fingerprint density at radius 3 is 1.52 bits per heavy atom. The molecule has 0 radical (unpaired) electrons. The van der Waals surface area contributed by atoms with Gasteiger partial charge in [0.1, 0.15) is 11.5 Å². The van der Waals surface area contributed by atoms with Crippen molar-refractivity contribution in [2.45, 2.75) is 0 Å². The standard InChI is InChI=1S/C60H39NO/c1-3-13-40(14-4-1)42-23-29-47(30-24-42)61(48-31-25-44(26-32-48)56-37-46-18-8-9-19-50(46)52-21-11-12-22-53(52)56)49-33-35-54-55-34-27-45(41-15-5-2-6-16-41)38-59(55)62-58-36-28-43-17-7-10-20-51(43)60(58)57(54)39-49/h1-39H. The monoisotopic (exact) mass is 789 g/mol. The summed E-state index contributed by atoms with van der Waals surface area (Å²) >= 11 is 0. The number of hydrogen-bond donors (Lipinski definition) is 0. The minimum absolute atomic E-state index is 0.844. The van der Waals surface area contributed by atoms with Crippen LogP contribution in [0.25, 0.3) is 88.0 Å². The van der Waals surface area contributed by atoms with Crippen LogP contribution in [0, 0.1) is 0 Å². The van der Waals surface area contributed by atoms with Crippen LogP contribution in [0.3, 0.4) is 0 Å². The molecule has 2 heteroatoms. The quantitative estimate of drug-likeness (QED) is 0.156. The molecule has 0 aliphatic carbocycles. The average molecular weight is 790 g/mol. The minimum atomic E-state index is 0.844. The second kappa shape index (κ2) is 14.8. The molecule has 2 nitrogen and oxygen atoms in total. The Morgan fingerprint density at radius 1 is 0.258 bits per heavy atom. The average Bonchev–Trinajstić information content (AvgIpc) is 3.49. The molecule has 0 aromatic heterocycles. The van der Waals surface area contributed by atoms with Gasteiger partial charge in [-0.25, -0.2) is 0 Å². The van der Waals surface area contributed by atoms with E-state index in [-0.39, 0.29) is 0 Å². The Labute approximate surface area is 361 Å². The van der Waals surface area contributed by atoms with Gasteiger partial charge in [-0.2, -0.15) is 0 Å². The van der Waals surface area contributed by atoms with E-state index in [1.807, 2.05) is 0 Å². The van der Waals surface area contributed by atoms with E-state index in [2.05, 4.69) is 241 Å². The molecule has 0 bridgehead atoms. The first-order valence-corrected chi connectivity index (χ1v) is 21.2. The Kier molecular flexibility index (Phi) is 8.53. The van der Waals surface area contributed by atoms with Crippen LogP contribution in [-0.2, 0) is 0 Å². The second-order valence-electron chi connectivity index (χ2n) is 16.1. The van der Waals surface area contributed by atoms with E-state index in [1.54, 1.807) is 0 Å². The van der Waals surface area contributed by atoms with Crippen molar-refractivity contribution in [2.75, 3.05) is 4.90 Å². The third-order valence-electron chi connectivity index (χ3n) is 12.5. The zero-order valence-electron chi connectivity index (χ0n) is 33.9. The van der Waals surface area contributed by atoms with Gasteiger partial charge in [0.15, 0.2) is 0 Å². The normalized spacial score (nSPS) is 11.7. The predicted octanol–water partition coefficient (Wildman–Crippen LogP) is 17.1. The topological polar surface area (TPSA) is 12.5 Å². The van der Waals surface area contributed by atoms with Gasteiger partial charge in [0, 0.05) is 28.2 Å². The highest BCUT2D eigenvalue weighted by Gasteiger charge is 2.25. The van der Waals surface area contributed by atoms with E-state index in [0.717, 1.165) is 67.3 Å².